The quantitative estimate of drug-likeness (QED) is 0.254. The van der Waals surface area contributed by atoms with Gasteiger partial charge in [0, 0.05) is 40.1 Å². The Kier molecular flexibility index (Phi) is 7.68. The summed E-state index contributed by atoms with van der Waals surface area (Å²) in [7, 11) is 1.79. The summed E-state index contributed by atoms with van der Waals surface area (Å²) in [6.07, 6.45) is 0. The van der Waals surface area contributed by atoms with Crippen LogP contribution in [0.3, 0.4) is 0 Å². The molecule has 0 unspecified atom stereocenters. The molecular weight excluding hydrogens is 575 g/mol. The van der Waals surface area contributed by atoms with Gasteiger partial charge in [-0.2, -0.15) is 0 Å². The number of carbonyl (C=O) groups is 2. The van der Waals surface area contributed by atoms with Gasteiger partial charge in [0.05, 0.1) is 21.5 Å². The van der Waals surface area contributed by atoms with Crippen molar-refractivity contribution in [1.29, 1.82) is 0 Å². The van der Waals surface area contributed by atoms with Gasteiger partial charge in [0.25, 0.3) is 5.91 Å². The summed E-state index contributed by atoms with van der Waals surface area (Å²) in [5.74, 6) is -2.25. The Hall–Kier alpha value is -1.86. The van der Waals surface area contributed by atoms with E-state index in [1.165, 1.54) is 12.1 Å². The SMILES string of the molecule is CNc1ccc(NC(=O)c2cc(NC(=O)[C@@H]3[C@@H](c4cc(Cl)cc(Cl)c4)C3(Cl)Cl)cc(Cl)c2Cl)cc1. The number of amides is 2. The number of anilines is 3. The summed E-state index contributed by atoms with van der Waals surface area (Å²) in [6.45, 7) is 0. The van der Waals surface area contributed by atoms with Gasteiger partial charge in [0.2, 0.25) is 5.91 Å². The molecule has 2 atom stereocenters. The normalized spacial score (nSPS) is 18.0. The molecule has 1 saturated carbocycles. The molecule has 0 spiro atoms. The molecule has 35 heavy (non-hydrogen) atoms. The summed E-state index contributed by atoms with van der Waals surface area (Å²) in [6, 6.07) is 14.9. The van der Waals surface area contributed by atoms with Gasteiger partial charge in [-0.3, -0.25) is 9.59 Å². The Balaban J connectivity index is 1.53. The molecule has 0 radical (unpaired) electrons. The number of hydrogen-bond donors (Lipinski definition) is 3. The van der Waals surface area contributed by atoms with Crippen molar-refractivity contribution < 1.29 is 9.59 Å². The van der Waals surface area contributed by atoms with E-state index in [0.717, 1.165) is 5.69 Å². The Bertz CT molecular complexity index is 1290. The lowest BCUT2D eigenvalue weighted by atomic mass is 10.1. The Morgan fingerprint density at radius 3 is 2.00 bits per heavy atom. The van der Waals surface area contributed by atoms with Crippen LogP contribution in [0.4, 0.5) is 17.1 Å². The van der Waals surface area contributed by atoms with Crippen LogP contribution in [-0.4, -0.2) is 23.2 Å². The second-order valence-corrected chi connectivity index (χ2v) is 11.0. The van der Waals surface area contributed by atoms with Crippen LogP contribution in [0.1, 0.15) is 21.8 Å². The molecule has 0 heterocycles. The largest absolute Gasteiger partial charge is 0.388 e. The van der Waals surface area contributed by atoms with Crippen molar-refractivity contribution in [3.8, 4) is 0 Å². The molecule has 0 saturated heterocycles. The van der Waals surface area contributed by atoms with E-state index in [-0.39, 0.29) is 21.3 Å². The Labute approximate surface area is 232 Å². The maximum atomic E-state index is 13.0. The summed E-state index contributed by atoms with van der Waals surface area (Å²) in [5, 5.41) is 9.44. The van der Waals surface area contributed by atoms with Crippen molar-refractivity contribution in [2.24, 2.45) is 5.92 Å². The van der Waals surface area contributed by atoms with Gasteiger partial charge in [0.15, 0.2) is 0 Å². The Morgan fingerprint density at radius 2 is 1.40 bits per heavy atom. The van der Waals surface area contributed by atoms with E-state index in [0.29, 0.717) is 21.3 Å². The first-order chi connectivity index (χ1) is 16.5. The van der Waals surface area contributed by atoms with Gasteiger partial charge in [0.1, 0.15) is 4.33 Å². The van der Waals surface area contributed by atoms with Crippen LogP contribution in [-0.2, 0) is 4.79 Å². The van der Waals surface area contributed by atoms with Crippen LogP contribution in [0.5, 0.6) is 0 Å². The van der Waals surface area contributed by atoms with Crippen molar-refractivity contribution in [3.63, 3.8) is 0 Å². The van der Waals surface area contributed by atoms with E-state index in [2.05, 4.69) is 16.0 Å². The maximum absolute atomic E-state index is 13.0. The molecule has 11 heteroatoms. The van der Waals surface area contributed by atoms with Crippen molar-refractivity contribution in [3.05, 3.63) is 85.8 Å². The first-order valence-electron chi connectivity index (χ1n) is 10.2. The van der Waals surface area contributed by atoms with Gasteiger partial charge in [-0.25, -0.2) is 0 Å². The third-order valence-corrected chi connectivity index (χ3v) is 7.73. The minimum atomic E-state index is -1.35. The van der Waals surface area contributed by atoms with Crippen molar-refractivity contribution in [2.75, 3.05) is 23.0 Å². The van der Waals surface area contributed by atoms with Crippen molar-refractivity contribution in [2.45, 2.75) is 10.3 Å². The zero-order chi connectivity index (χ0) is 25.5. The topological polar surface area (TPSA) is 70.2 Å². The highest BCUT2D eigenvalue weighted by molar-refractivity contribution is 6.53. The first kappa shape index (κ1) is 26.2. The average molecular weight is 592 g/mol. The van der Waals surface area contributed by atoms with E-state index < -0.39 is 28.0 Å². The lowest BCUT2D eigenvalue weighted by Gasteiger charge is -2.12. The minimum Gasteiger partial charge on any atom is -0.388 e. The van der Waals surface area contributed by atoms with Gasteiger partial charge < -0.3 is 16.0 Å². The van der Waals surface area contributed by atoms with E-state index in [1.807, 2.05) is 12.1 Å². The fourth-order valence-electron chi connectivity index (χ4n) is 3.79. The van der Waals surface area contributed by atoms with Crippen LogP contribution in [0.15, 0.2) is 54.6 Å². The Morgan fingerprint density at radius 1 is 0.800 bits per heavy atom. The molecule has 0 aliphatic heterocycles. The zero-order valence-electron chi connectivity index (χ0n) is 17.9. The standard InChI is InChI=1S/C24H17Cl6N3O2/c1-31-14-2-4-15(5-3-14)32-22(34)17-9-16(10-18(27)21(17)28)33-23(35)20-19(24(20,29)30)11-6-12(25)8-13(26)7-11/h2-10,19-20,31H,1H3,(H,32,34)(H,33,35)/t19-,20+/m1/s1. The molecule has 182 valence electrons. The third kappa shape index (κ3) is 5.61. The monoisotopic (exact) mass is 589 g/mol. The lowest BCUT2D eigenvalue weighted by molar-refractivity contribution is -0.117. The highest BCUT2D eigenvalue weighted by Crippen LogP contribution is 2.65. The number of hydrogen-bond acceptors (Lipinski definition) is 3. The molecule has 3 aromatic carbocycles. The number of benzene rings is 3. The first-order valence-corrected chi connectivity index (χ1v) is 12.5. The molecule has 3 N–H and O–H groups in total. The molecule has 0 bridgehead atoms. The summed E-state index contributed by atoms with van der Waals surface area (Å²) >= 11 is 37.6. The second-order valence-electron chi connectivity index (χ2n) is 7.92. The van der Waals surface area contributed by atoms with Gasteiger partial charge >= 0.3 is 0 Å². The second kappa shape index (κ2) is 10.3. The lowest BCUT2D eigenvalue weighted by Crippen LogP contribution is -2.18. The molecule has 2 amide bonds. The van der Waals surface area contributed by atoms with E-state index in [4.69, 9.17) is 69.6 Å². The van der Waals surface area contributed by atoms with Gasteiger partial charge in [-0.05, 0) is 60.2 Å². The van der Waals surface area contributed by atoms with E-state index in [9.17, 15) is 9.59 Å². The zero-order valence-corrected chi connectivity index (χ0v) is 22.5. The van der Waals surface area contributed by atoms with Crippen LogP contribution in [0, 0.1) is 5.92 Å². The van der Waals surface area contributed by atoms with Crippen molar-refractivity contribution >= 4 is 98.5 Å². The number of carbonyl (C=O) groups excluding carboxylic acids is 2. The number of rotatable bonds is 6. The molecular formula is C24H17Cl6N3O2. The molecule has 0 aromatic heterocycles. The molecule has 1 aliphatic rings. The van der Waals surface area contributed by atoms with Crippen LogP contribution < -0.4 is 16.0 Å². The third-order valence-electron chi connectivity index (χ3n) is 5.55. The fourth-order valence-corrected chi connectivity index (χ4v) is 5.57. The molecule has 3 aromatic rings. The highest BCUT2D eigenvalue weighted by atomic mass is 35.5. The van der Waals surface area contributed by atoms with E-state index in [1.54, 1.807) is 37.4 Å². The van der Waals surface area contributed by atoms with Gasteiger partial charge in [-0.15, -0.1) is 23.2 Å². The maximum Gasteiger partial charge on any atom is 0.257 e. The highest BCUT2D eigenvalue weighted by Gasteiger charge is 2.67. The van der Waals surface area contributed by atoms with E-state index >= 15 is 0 Å². The summed E-state index contributed by atoms with van der Waals surface area (Å²) in [5.41, 5.74) is 2.45. The summed E-state index contributed by atoms with van der Waals surface area (Å²) in [4.78, 5) is 25.9. The summed E-state index contributed by atoms with van der Waals surface area (Å²) < 4.78 is -1.35. The predicted octanol–water partition coefficient (Wildman–Crippen LogP) is 8.12. The fraction of sp³-hybridized carbons (Fsp3) is 0.167. The molecule has 1 aliphatic carbocycles. The number of halogens is 6. The average Bonchev–Trinajstić information content (AvgIpc) is 3.38. The number of alkyl halides is 2. The minimum absolute atomic E-state index is 0.0518. The smallest absolute Gasteiger partial charge is 0.257 e. The van der Waals surface area contributed by atoms with Crippen LogP contribution in [0.2, 0.25) is 20.1 Å². The predicted molar refractivity (Wildman–Crippen MR) is 146 cm³/mol. The van der Waals surface area contributed by atoms with Crippen molar-refractivity contribution in [1.82, 2.24) is 0 Å². The molecule has 4 rings (SSSR count). The number of nitrogens with one attached hydrogen (secondary N) is 3. The van der Waals surface area contributed by atoms with Crippen LogP contribution >= 0.6 is 69.6 Å². The molecule has 1 fully saturated rings. The van der Waals surface area contributed by atoms with Crippen LogP contribution in [0.25, 0.3) is 0 Å². The van der Waals surface area contributed by atoms with Gasteiger partial charge in [-0.1, -0.05) is 46.4 Å². The molecule has 5 nitrogen and oxygen atoms in total.